The molecule has 7 heteroatoms. The quantitative estimate of drug-likeness (QED) is 0.366. The van der Waals surface area contributed by atoms with Crippen LogP contribution in [0.1, 0.15) is 102 Å². The SMILES string of the molecule is CC(C)(C)CC[C@H](Cc1ccc(C(=O)O)cc1)N1C(=O)C(c2ccc(F)c(Cl)c2)=NC12CCC(C(C)(C)C)CC2. The molecule has 1 saturated carbocycles. The lowest BCUT2D eigenvalue weighted by Crippen LogP contribution is -2.55. The molecule has 0 bridgehead atoms. The van der Waals surface area contributed by atoms with E-state index >= 15 is 0 Å². The largest absolute Gasteiger partial charge is 0.478 e. The van der Waals surface area contributed by atoms with E-state index in [2.05, 4.69) is 41.5 Å². The number of hydrogen-bond acceptors (Lipinski definition) is 3. The first-order valence-corrected chi connectivity index (χ1v) is 14.7. The van der Waals surface area contributed by atoms with Crippen molar-refractivity contribution in [2.75, 3.05) is 0 Å². The Hall–Kier alpha value is -2.73. The Kier molecular flexibility index (Phi) is 8.52. The van der Waals surface area contributed by atoms with Gasteiger partial charge in [0.15, 0.2) is 0 Å². The van der Waals surface area contributed by atoms with Crippen LogP contribution in [0.4, 0.5) is 4.39 Å². The van der Waals surface area contributed by atoms with Gasteiger partial charge in [0, 0.05) is 11.6 Å². The summed E-state index contributed by atoms with van der Waals surface area (Å²) in [5.41, 5.74) is 1.67. The van der Waals surface area contributed by atoms with Gasteiger partial charge in [-0.1, -0.05) is 65.3 Å². The highest BCUT2D eigenvalue weighted by atomic mass is 35.5. The zero-order chi connectivity index (χ0) is 29.5. The first kappa shape index (κ1) is 30.2. The molecule has 4 rings (SSSR count). The van der Waals surface area contributed by atoms with Crippen molar-refractivity contribution in [3.8, 4) is 0 Å². The van der Waals surface area contributed by atoms with Gasteiger partial charge < -0.3 is 10.0 Å². The fraction of sp³-hybridized carbons (Fsp3) is 0.545. The number of carbonyl (C=O) groups is 2. The van der Waals surface area contributed by atoms with E-state index in [1.165, 1.54) is 12.1 Å². The summed E-state index contributed by atoms with van der Waals surface area (Å²) in [5, 5.41) is 9.33. The minimum absolute atomic E-state index is 0.0280. The number of aromatic carboxylic acids is 1. The molecule has 0 unspecified atom stereocenters. The normalized spacial score (nSPS) is 22.5. The average molecular weight is 569 g/mol. The summed E-state index contributed by atoms with van der Waals surface area (Å²) in [6, 6.07) is 11.2. The third kappa shape index (κ3) is 6.59. The van der Waals surface area contributed by atoms with Crippen molar-refractivity contribution in [3.63, 3.8) is 0 Å². The molecule has 1 aliphatic heterocycles. The monoisotopic (exact) mass is 568 g/mol. The van der Waals surface area contributed by atoms with E-state index in [9.17, 15) is 19.1 Å². The maximum atomic E-state index is 14.3. The Morgan fingerprint density at radius 1 is 1.10 bits per heavy atom. The summed E-state index contributed by atoms with van der Waals surface area (Å²) >= 11 is 6.13. The summed E-state index contributed by atoms with van der Waals surface area (Å²) in [6.07, 6.45) is 5.76. The second-order valence-electron chi connectivity index (χ2n) is 13.8. The summed E-state index contributed by atoms with van der Waals surface area (Å²) in [5.74, 6) is -1.10. The molecule has 40 heavy (non-hydrogen) atoms. The fourth-order valence-corrected chi connectivity index (χ4v) is 6.41. The number of carbonyl (C=O) groups excluding carboxylic acids is 1. The zero-order valence-corrected chi connectivity index (χ0v) is 25.3. The Bertz CT molecular complexity index is 1280. The molecule has 2 aliphatic rings. The van der Waals surface area contributed by atoms with E-state index in [4.69, 9.17) is 16.6 Å². The molecule has 1 aliphatic carbocycles. The lowest BCUT2D eigenvalue weighted by atomic mass is 9.69. The van der Waals surface area contributed by atoms with Gasteiger partial charge in [0.1, 0.15) is 17.2 Å². The second kappa shape index (κ2) is 11.3. The lowest BCUT2D eigenvalue weighted by molar-refractivity contribution is -0.133. The number of carboxylic acid groups (broad SMARTS) is 1. The number of hydrogen-bond donors (Lipinski definition) is 1. The molecule has 216 valence electrons. The number of rotatable bonds is 7. The van der Waals surface area contributed by atoms with E-state index in [0.29, 0.717) is 23.6 Å². The van der Waals surface area contributed by atoms with Crippen molar-refractivity contribution in [1.82, 2.24) is 4.90 Å². The van der Waals surface area contributed by atoms with Crippen LogP contribution >= 0.6 is 11.6 Å². The summed E-state index contributed by atoms with van der Waals surface area (Å²) in [6.45, 7) is 13.4. The van der Waals surface area contributed by atoms with Crippen molar-refractivity contribution < 1.29 is 19.1 Å². The maximum absolute atomic E-state index is 14.3. The molecule has 1 heterocycles. The smallest absolute Gasteiger partial charge is 0.335 e. The standard InChI is InChI=1S/C33H42ClFN2O3/c1-31(2,3)16-15-25(19-21-7-9-22(10-8-21)30(39)40)37-29(38)28(23-11-12-27(35)26(34)20-23)36-33(37)17-13-24(14-18-33)32(4,5)6/h7-12,20,24-25H,13-19H2,1-6H3,(H,39,40)/t24?,25-,33?/m1/s1. The van der Waals surface area contributed by atoms with Crippen molar-refractivity contribution in [2.24, 2.45) is 21.7 Å². The minimum atomic E-state index is -0.962. The van der Waals surface area contributed by atoms with Gasteiger partial charge >= 0.3 is 5.97 Å². The second-order valence-corrected chi connectivity index (χ2v) is 14.3. The van der Waals surface area contributed by atoms with Gasteiger partial charge in [0.2, 0.25) is 0 Å². The number of amides is 1. The summed E-state index contributed by atoms with van der Waals surface area (Å²) in [4.78, 5) is 32.9. The van der Waals surface area contributed by atoms with Crippen LogP contribution in [0.15, 0.2) is 47.5 Å². The van der Waals surface area contributed by atoms with Gasteiger partial charge in [-0.3, -0.25) is 9.79 Å². The Balaban J connectivity index is 1.75. The molecule has 1 N–H and O–H groups in total. The van der Waals surface area contributed by atoms with Crippen molar-refractivity contribution in [1.29, 1.82) is 0 Å². The van der Waals surface area contributed by atoms with E-state index in [1.807, 2.05) is 17.0 Å². The van der Waals surface area contributed by atoms with Crippen LogP contribution < -0.4 is 0 Å². The van der Waals surface area contributed by atoms with Crippen LogP contribution in [0.3, 0.4) is 0 Å². The molecule has 1 fully saturated rings. The van der Waals surface area contributed by atoms with E-state index < -0.39 is 17.4 Å². The molecular formula is C33H42ClFN2O3. The first-order valence-electron chi connectivity index (χ1n) is 14.3. The number of nitrogens with zero attached hydrogens (tertiary/aromatic N) is 2. The van der Waals surface area contributed by atoms with Crippen LogP contribution in [0.2, 0.25) is 5.02 Å². The third-order valence-corrected chi connectivity index (χ3v) is 8.95. The summed E-state index contributed by atoms with van der Waals surface area (Å²) in [7, 11) is 0. The van der Waals surface area contributed by atoms with Gasteiger partial charge in [-0.2, -0.15) is 0 Å². The van der Waals surface area contributed by atoms with Gasteiger partial charge in [-0.25, -0.2) is 9.18 Å². The predicted octanol–water partition coefficient (Wildman–Crippen LogP) is 8.18. The van der Waals surface area contributed by atoms with Crippen molar-refractivity contribution in [3.05, 3.63) is 70.0 Å². The van der Waals surface area contributed by atoms with Gasteiger partial charge in [-0.05, 0) is 97.6 Å². The van der Waals surface area contributed by atoms with E-state index in [0.717, 1.165) is 44.1 Å². The van der Waals surface area contributed by atoms with Crippen LogP contribution in [0.25, 0.3) is 0 Å². The van der Waals surface area contributed by atoms with Crippen molar-refractivity contribution >= 4 is 29.2 Å². The zero-order valence-electron chi connectivity index (χ0n) is 24.6. The highest BCUT2D eigenvalue weighted by molar-refractivity contribution is 6.47. The third-order valence-electron chi connectivity index (χ3n) is 8.66. The number of halogens is 2. The molecule has 1 amide bonds. The molecule has 1 spiro atoms. The molecule has 0 radical (unpaired) electrons. The van der Waals surface area contributed by atoms with Crippen LogP contribution in [0, 0.1) is 22.6 Å². The molecule has 0 saturated heterocycles. The van der Waals surface area contributed by atoms with Gasteiger partial charge in [0.05, 0.1) is 10.6 Å². The average Bonchev–Trinajstić information content (AvgIpc) is 3.14. The van der Waals surface area contributed by atoms with Gasteiger partial charge in [0.25, 0.3) is 5.91 Å². The lowest BCUT2D eigenvalue weighted by Gasteiger charge is -2.47. The predicted molar refractivity (Wildman–Crippen MR) is 159 cm³/mol. The van der Waals surface area contributed by atoms with Crippen molar-refractivity contribution in [2.45, 2.75) is 98.2 Å². The molecule has 2 aromatic carbocycles. The number of carboxylic acids is 1. The molecule has 1 atom stereocenters. The van der Waals surface area contributed by atoms with Crippen LogP contribution in [0.5, 0.6) is 0 Å². The Morgan fingerprint density at radius 2 is 1.73 bits per heavy atom. The molecule has 0 aromatic heterocycles. The molecule has 5 nitrogen and oxygen atoms in total. The summed E-state index contributed by atoms with van der Waals surface area (Å²) < 4.78 is 14.0. The Labute approximate surface area is 242 Å². The number of benzene rings is 2. The number of aliphatic imine (C=N–C) groups is 1. The van der Waals surface area contributed by atoms with Crippen LogP contribution in [-0.2, 0) is 11.2 Å². The minimum Gasteiger partial charge on any atom is -0.478 e. The first-order chi connectivity index (χ1) is 18.6. The molecular weight excluding hydrogens is 527 g/mol. The van der Waals surface area contributed by atoms with E-state index in [1.54, 1.807) is 18.2 Å². The van der Waals surface area contributed by atoms with E-state index in [-0.39, 0.29) is 33.4 Å². The highest BCUT2D eigenvalue weighted by Crippen LogP contribution is 2.48. The fourth-order valence-electron chi connectivity index (χ4n) is 6.23. The highest BCUT2D eigenvalue weighted by Gasteiger charge is 2.52. The maximum Gasteiger partial charge on any atom is 0.335 e. The Morgan fingerprint density at radius 3 is 2.25 bits per heavy atom. The molecule has 2 aromatic rings. The topological polar surface area (TPSA) is 70.0 Å². The van der Waals surface area contributed by atoms with Gasteiger partial charge in [-0.15, -0.1) is 0 Å². The van der Waals surface area contributed by atoms with Crippen LogP contribution in [-0.4, -0.2) is 39.3 Å².